The van der Waals surface area contributed by atoms with Crippen molar-refractivity contribution in [1.82, 2.24) is 0 Å². The predicted octanol–water partition coefficient (Wildman–Crippen LogP) is 5.52. The van der Waals surface area contributed by atoms with Crippen molar-refractivity contribution in [2.24, 2.45) is 0 Å². The van der Waals surface area contributed by atoms with E-state index in [2.05, 4.69) is 5.32 Å². The van der Waals surface area contributed by atoms with Gasteiger partial charge in [-0.3, -0.25) is 4.79 Å². The molecule has 0 saturated heterocycles. The maximum atomic E-state index is 12.2. The largest absolute Gasteiger partial charge is 0.454 e. The Balaban J connectivity index is 2.08. The minimum atomic E-state index is -0.507. The van der Waals surface area contributed by atoms with Crippen molar-refractivity contribution in [2.75, 3.05) is 5.32 Å². The van der Waals surface area contributed by atoms with Gasteiger partial charge in [0.05, 0.1) is 5.69 Å². The molecular weight excluding hydrogens is 366 g/mol. The van der Waals surface area contributed by atoms with Crippen LogP contribution in [0.2, 0.25) is 5.02 Å². The Labute approximate surface area is 159 Å². The third-order valence-electron chi connectivity index (χ3n) is 4.45. The Morgan fingerprint density at radius 1 is 1.07 bits per heavy atom. The first-order valence-electron chi connectivity index (χ1n) is 8.53. The van der Waals surface area contributed by atoms with Crippen molar-refractivity contribution in [3.05, 3.63) is 63.5 Å². The Hall–Kier alpha value is -3.05. The van der Waals surface area contributed by atoms with E-state index in [-0.39, 0.29) is 5.91 Å². The number of carbonyl (C=O) groups is 1. The van der Waals surface area contributed by atoms with E-state index in [1.807, 2.05) is 31.2 Å². The molecule has 6 heteroatoms. The number of para-hydroxylation sites is 1. The van der Waals surface area contributed by atoms with Crippen molar-refractivity contribution >= 4 is 45.1 Å². The maximum absolute atomic E-state index is 12.2. The minimum absolute atomic E-state index is 0.149. The lowest BCUT2D eigenvalue weighted by Crippen LogP contribution is -2.10. The van der Waals surface area contributed by atoms with E-state index >= 15 is 0 Å². The van der Waals surface area contributed by atoms with Crippen LogP contribution in [-0.4, -0.2) is 5.91 Å². The zero-order valence-corrected chi connectivity index (χ0v) is 15.5. The Kier molecular flexibility index (Phi) is 4.24. The molecule has 2 heterocycles. The van der Waals surface area contributed by atoms with Gasteiger partial charge in [-0.15, -0.1) is 0 Å². The Morgan fingerprint density at radius 3 is 2.63 bits per heavy atom. The zero-order chi connectivity index (χ0) is 19.1. The van der Waals surface area contributed by atoms with E-state index in [0.717, 1.165) is 10.9 Å². The molecule has 0 spiro atoms. The second kappa shape index (κ2) is 6.59. The van der Waals surface area contributed by atoms with E-state index in [0.29, 0.717) is 45.0 Å². The average Bonchev–Trinajstić information content (AvgIpc) is 3.01. The van der Waals surface area contributed by atoms with Crippen molar-refractivity contribution in [3.63, 3.8) is 0 Å². The van der Waals surface area contributed by atoms with E-state index in [1.54, 1.807) is 19.1 Å². The topological polar surface area (TPSA) is 72.5 Å². The maximum Gasteiger partial charge on any atom is 0.336 e. The van der Waals surface area contributed by atoms with E-state index in [1.165, 1.54) is 6.07 Å². The molecule has 0 atom stereocenters. The number of amides is 1. The van der Waals surface area contributed by atoms with Crippen LogP contribution in [0.25, 0.3) is 33.3 Å². The molecule has 0 aliphatic heterocycles. The van der Waals surface area contributed by atoms with Crippen molar-refractivity contribution in [2.45, 2.75) is 20.3 Å². The van der Waals surface area contributed by atoms with Crippen molar-refractivity contribution in [1.29, 1.82) is 0 Å². The highest BCUT2D eigenvalue weighted by molar-refractivity contribution is 6.32. The third-order valence-corrected chi connectivity index (χ3v) is 4.86. The van der Waals surface area contributed by atoms with Gasteiger partial charge in [0.25, 0.3) is 0 Å². The fourth-order valence-electron chi connectivity index (χ4n) is 3.06. The molecule has 4 aromatic rings. The van der Waals surface area contributed by atoms with Crippen LogP contribution >= 0.6 is 11.6 Å². The number of hydrogen-bond acceptors (Lipinski definition) is 4. The SMILES string of the molecule is CCC(=O)Nc1c(-c2cc(=O)oc3cc(C)c(Cl)cc23)oc2ccccc12. The molecule has 5 nitrogen and oxygen atoms in total. The summed E-state index contributed by atoms with van der Waals surface area (Å²) in [7, 11) is 0. The number of benzene rings is 2. The number of aryl methyl sites for hydroxylation is 1. The molecular formula is C21H16ClNO4. The van der Waals surface area contributed by atoms with Gasteiger partial charge < -0.3 is 14.2 Å². The number of furan rings is 1. The standard InChI is InChI=1S/C21H16ClNO4/c1-3-18(24)23-20-12-6-4-5-7-16(12)27-21(20)14-10-19(25)26-17-8-11(2)15(22)9-13(14)17/h4-10H,3H2,1-2H3,(H,23,24). The van der Waals surface area contributed by atoms with Crippen LogP contribution < -0.4 is 10.9 Å². The lowest BCUT2D eigenvalue weighted by molar-refractivity contribution is -0.115. The number of fused-ring (bicyclic) bond motifs is 2. The van der Waals surface area contributed by atoms with E-state index in [4.69, 9.17) is 20.4 Å². The number of halogens is 1. The van der Waals surface area contributed by atoms with Gasteiger partial charge in [0.2, 0.25) is 5.91 Å². The molecule has 0 bridgehead atoms. The molecule has 4 rings (SSSR count). The van der Waals surface area contributed by atoms with Gasteiger partial charge >= 0.3 is 5.63 Å². The van der Waals surface area contributed by atoms with Crippen molar-refractivity contribution < 1.29 is 13.6 Å². The molecule has 136 valence electrons. The summed E-state index contributed by atoms with van der Waals surface area (Å²) < 4.78 is 11.4. The van der Waals surface area contributed by atoms with Gasteiger partial charge in [0.1, 0.15) is 11.2 Å². The summed E-state index contributed by atoms with van der Waals surface area (Å²) in [4.78, 5) is 24.2. The highest BCUT2D eigenvalue weighted by atomic mass is 35.5. The van der Waals surface area contributed by atoms with E-state index in [9.17, 15) is 9.59 Å². The first-order valence-corrected chi connectivity index (χ1v) is 8.91. The van der Waals surface area contributed by atoms with Crippen LogP contribution in [0.3, 0.4) is 0 Å². The summed E-state index contributed by atoms with van der Waals surface area (Å²) >= 11 is 6.29. The van der Waals surface area contributed by atoms with Crippen LogP contribution in [0.5, 0.6) is 0 Å². The number of rotatable bonds is 3. The summed E-state index contributed by atoms with van der Waals surface area (Å²) in [6, 6.07) is 12.2. The number of anilines is 1. The predicted molar refractivity (Wildman–Crippen MR) is 106 cm³/mol. The first-order chi connectivity index (χ1) is 13.0. The molecule has 0 fully saturated rings. The van der Waals surface area contributed by atoms with Gasteiger partial charge in [-0.2, -0.15) is 0 Å². The fraction of sp³-hybridized carbons (Fsp3) is 0.143. The van der Waals surface area contributed by atoms with E-state index < -0.39 is 5.63 Å². The van der Waals surface area contributed by atoms with Crippen LogP contribution in [0, 0.1) is 6.92 Å². The second-order valence-corrected chi connectivity index (χ2v) is 6.69. The second-order valence-electron chi connectivity index (χ2n) is 6.28. The molecule has 1 N–H and O–H groups in total. The number of hydrogen-bond donors (Lipinski definition) is 1. The molecule has 0 saturated carbocycles. The molecule has 0 radical (unpaired) electrons. The van der Waals surface area contributed by atoms with Crippen molar-refractivity contribution in [3.8, 4) is 11.3 Å². The lowest BCUT2D eigenvalue weighted by Gasteiger charge is -2.08. The summed E-state index contributed by atoms with van der Waals surface area (Å²) in [6.45, 7) is 3.61. The van der Waals surface area contributed by atoms with Gasteiger partial charge in [-0.1, -0.05) is 30.7 Å². The van der Waals surface area contributed by atoms with Crippen LogP contribution in [0.1, 0.15) is 18.9 Å². The molecule has 0 unspecified atom stereocenters. The van der Waals surface area contributed by atoms with Crippen LogP contribution in [-0.2, 0) is 4.79 Å². The monoisotopic (exact) mass is 381 g/mol. The lowest BCUT2D eigenvalue weighted by atomic mass is 10.0. The van der Waals surface area contributed by atoms with Crippen LogP contribution in [0.15, 0.2) is 56.1 Å². The summed E-state index contributed by atoms with van der Waals surface area (Å²) in [5.74, 6) is 0.250. The molecule has 2 aromatic heterocycles. The summed E-state index contributed by atoms with van der Waals surface area (Å²) in [6.07, 6.45) is 0.321. The highest BCUT2D eigenvalue weighted by Crippen LogP contribution is 2.41. The third kappa shape index (κ3) is 3.00. The summed E-state index contributed by atoms with van der Waals surface area (Å²) in [5, 5.41) is 4.84. The normalized spacial score (nSPS) is 11.2. The highest BCUT2D eigenvalue weighted by Gasteiger charge is 2.21. The Morgan fingerprint density at radius 2 is 1.85 bits per heavy atom. The fourth-order valence-corrected chi connectivity index (χ4v) is 3.22. The molecule has 0 aliphatic rings. The average molecular weight is 382 g/mol. The molecule has 1 amide bonds. The number of nitrogens with one attached hydrogen (secondary N) is 1. The van der Waals surface area contributed by atoms with Gasteiger partial charge in [-0.25, -0.2) is 4.79 Å². The zero-order valence-electron chi connectivity index (χ0n) is 14.8. The molecule has 0 aliphatic carbocycles. The number of carbonyl (C=O) groups excluding carboxylic acids is 1. The van der Waals surface area contributed by atoms with Gasteiger partial charge in [0.15, 0.2) is 5.76 Å². The Bertz CT molecular complexity index is 1250. The molecule has 2 aromatic carbocycles. The van der Waals surface area contributed by atoms with Gasteiger partial charge in [-0.05, 0) is 36.8 Å². The quantitative estimate of drug-likeness (QED) is 0.474. The summed E-state index contributed by atoms with van der Waals surface area (Å²) in [5.41, 5.74) is 2.36. The first kappa shape index (κ1) is 17.4. The smallest absolute Gasteiger partial charge is 0.336 e. The minimum Gasteiger partial charge on any atom is -0.454 e. The van der Waals surface area contributed by atoms with Gasteiger partial charge in [0, 0.05) is 33.8 Å². The molecule has 27 heavy (non-hydrogen) atoms. The van der Waals surface area contributed by atoms with Crippen LogP contribution in [0.4, 0.5) is 5.69 Å².